The van der Waals surface area contributed by atoms with Crippen molar-refractivity contribution in [1.29, 1.82) is 0 Å². The van der Waals surface area contributed by atoms with Gasteiger partial charge >= 0.3 is 0 Å². The number of fused-ring (bicyclic) bond motifs is 2. The highest BCUT2D eigenvalue weighted by atomic mass is 16.5. The molecule has 4 rings (SSSR count). The molecule has 2 aromatic heterocycles. The monoisotopic (exact) mass is 349 g/mol. The van der Waals surface area contributed by atoms with Crippen molar-refractivity contribution in [2.45, 2.75) is 39.0 Å². The summed E-state index contributed by atoms with van der Waals surface area (Å²) in [6.07, 6.45) is 5.67. The molecule has 1 N–H and O–H groups in total. The number of methoxy groups -OCH3 is 1. The molecule has 5 nitrogen and oxygen atoms in total. The van der Waals surface area contributed by atoms with Crippen LogP contribution in [-0.2, 0) is 30.7 Å². The number of benzene rings is 1. The van der Waals surface area contributed by atoms with Crippen LogP contribution in [-0.4, -0.2) is 22.7 Å². The Hall–Kier alpha value is -2.66. The zero-order valence-electron chi connectivity index (χ0n) is 15.2. The van der Waals surface area contributed by atoms with Gasteiger partial charge in [-0.05, 0) is 37.0 Å². The number of aromatic nitrogens is 2. The molecule has 0 radical (unpaired) electrons. The molecule has 5 heteroatoms. The summed E-state index contributed by atoms with van der Waals surface area (Å²) in [5, 5.41) is 4.19. The lowest BCUT2D eigenvalue weighted by molar-refractivity contribution is 0.183. The standard InChI is InChI=1S/C21H23N3O2/c1-3-24-12-16(13-26-2)20(25)19-10-18(11-22-21(19)24)23-17-8-14-6-4-5-7-15(14)9-17/h4-7,10-12,17,23H,3,8-9,13H2,1-2H3. The van der Waals surface area contributed by atoms with Crippen LogP contribution < -0.4 is 10.7 Å². The Morgan fingerprint density at radius 2 is 2.00 bits per heavy atom. The van der Waals surface area contributed by atoms with Crippen LogP contribution in [0.1, 0.15) is 23.6 Å². The number of rotatable bonds is 5. The predicted molar refractivity (Wildman–Crippen MR) is 104 cm³/mol. The molecule has 0 saturated heterocycles. The third-order valence-electron chi connectivity index (χ3n) is 5.05. The highest BCUT2D eigenvalue weighted by Gasteiger charge is 2.21. The number of pyridine rings is 2. The molecule has 134 valence electrons. The van der Waals surface area contributed by atoms with Gasteiger partial charge in [0.05, 0.1) is 23.9 Å². The number of nitrogens with one attached hydrogen (secondary N) is 1. The first-order chi connectivity index (χ1) is 12.7. The molecule has 3 aromatic rings. The molecule has 0 amide bonds. The van der Waals surface area contributed by atoms with E-state index in [1.807, 2.05) is 30.0 Å². The van der Waals surface area contributed by atoms with Crippen LogP contribution in [0.25, 0.3) is 11.0 Å². The summed E-state index contributed by atoms with van der Waals surface area (Å²) < 4.78 is 7.18. The van der Waals surface area contributed by atoms with E-state index < -0.39 is 0 Å². The minimum atomic E-state index is -0.00240. The maximum Gasteiger partial charge on any atom is 0.196 e. The second kappa shape index (κ2) is 6.92. The van der Waals surface area contributed by atoms with Gasteiger partial charge in [-0.3, -0.25) is 4.79 Å². The lowest BCUT2D eigenvalue weighted by Crippen LogP contribution is -2.21. The molecule has 0 fully saturated rings. The van der Waals surface area contributed by atoms with E-state index in [0.29, 0.717) is 23.6 Å². The van der Waals surface area contributed by atoms with E-state index in [0.717, 1.165) is 30.7 Å². The van der Waals surface area contributed by atoms with Crippen molar-refractivity contribution in [3.05, 3.63) is 69.6 Å². The maximum absolute atomic E-state index is 12.8. The van der Waals surface area contributed by atoms with E-state index in [9.17, 15) is 4.79 Å². The van der Waals surface area contributed by atoms with Crippen molar-refractivity contribution in [1.82, 2.24) is 9.55 Å². The highest BCUT2D eigenvalue weighted by molar-refractivity contribution is 5.79. The fraction of sp³-hybridized carbons (Fsp3) is 0.333. The molecule has 0 bridgehead atoms. The molecule has 26 heavy (non-hydrogen) atoms. The van der Waals surface area contributed by atoms with Gasteiger partial charge in [-0.2, -0.15) is 0 Å². The number of aryl methyl sites for hydroxylation is 1. The fourth-order valence-corrected chi connectivity index (χ4v) is 3.81. The summed E-state index contributed by atoms with van der Waals surface area (Å²) in [7, 11) is 1.61. The van der Waals surface area contributed by atoms with Crippen LogP contribution in [0.3, 0.4) is 0 Å². The molecular formula is C21H23N3O2. The summed E-state index contributed by atoms with van der Waals surface area (Å²) in [6.45, 7) is 3.11. The van der Waals surface area contributed by atoms with Crippen LogP contribution in [0.5, 0.6) is 0 Å². The van der Waals surface area contributed by atoms with Gasteiger partial charge in [0.2, 0.25) is 0 Å². The molecule has 0 spiro atoms. The summed E-state index contributed by atoms with van der Waals surface area (Å²) in [5.74, 6) is 0. The van der Waals surface area contributed by atoms with Gasteiger partial charge in [-0.25, -0.2) is 4.98 Å². The van der Waals surface area contributed by atoms with Gasteiger partial charge < -0.3 is 14.6 Å². The number of anilines is 1. The van der Waals surface area contributed by atoms with Crippen molar-refractivity contribution >= 4 is 16.7 Å². The van der Waals surface area contributed by atoms with Gasteiger partial charge in [0.1, 0.15) is 5.65 Å². The number of hydrogen-bond acceptors (Lipinski definition) is 4. The Labute approximate surface area is 152 Å². The van der Waals surface area contributed by atoms with Crippen LogP contribution in [0, 0.1) is 0 Å². The van der Waals surface area contributed by atoms with E-state index in [1.54, 1.807) is 7.11 Å². The molecular weight excluding hydrogens is 326 g/mol. The molecule has 1 aromatic carbocycles. The smallest absolute Gasteiger partial charge is 0.196 e. The van der Waals surface area contributed by atoms with Gasteiger partial charge in [0.25, 0.3) is 0 Å². The van der Waals surface area contributed by atoms with E-state index in [1.165, 1.54) is 11.1 Å². The number of nitrogens with zero attached hydrogens (tertiary/aromatic N) is 2. The lowest BCUT2D eigenvalue weighted by atomic mass is 10.1. The van der Waals surface area contributed by atoms with Crippen molar-refractivity contribution in [3.63, 3.8) is 0 Å². The first kappa shape index (κ1) is 16.8. The Bertz CT molecular complexity index is 985. The average molecular weight is 349 g/mol. The van der Waals surface area contributed by atoms with Crippen molar-refractivity contribution in [3.8, 4) is 0 Å². The van der Waals surface area contributed by atoms with Crippen molar-refractivity contribution < 1.29 is 4.74 Å². The van der Waals surface area contributed by atoms with Crippen LogP contribution in [0.15, 0.2) is 47.5 Å². The van der Waals surface area contributed by atoms with Crippen molar-refractivity contribution in [2.24, 2.45) is 0 Å². The molecule has 1 aliphatic rings. The topological polar surface area (TPSA) is 56.1 Å². The molecule has 0 aliphatic heterocycles. The summed E-state index contributed by atoms with van der Waals surface area (Å²) in [4.78, 5) is 17.4. The molecule has 1 aliphatic carbocycles. The lowest BCUT2D eigenvalue weighted by Gasteiger charge is -2.15. The quantitative estimate of drug-likeness (QED) is 0.769. The SMILES string of the molecule is CCn1cc(COC)c(=O)c2cc(NC3Cc4ccccc4C3)cnc21. The molecule has 0 unspecified atom stereocenters. The van der Waals surface area contributed by atoms with Crippen LogP contribution >= 0.6 is 0 Å². The molecule has 0 atom stereocenters. The summed E-state index contributed by atoms with van der Waals surface area (Å²) in [6, 6.07) is 10.8. The third kappa shape index (κ3) is 2.99. The maximum atomic E-state index is 12.8. The second-order valence-corrected chi connectivity index (χ2v) is 6.82. The predicted octanol–water partition coefficient (Wildman–Crippen LogP) is 3.14. The van der Waals surface area contributed by atoms with Gasteiger partial charge in [0.15, 0.2) is 5.43 Å². The Morgan fingerprint density at radius 1 is 1.27 bits per heavy atom. The van der Waals surface area contributed by atoms with E-state index in [2.05, 4.69) is 34.6 Å². The number of ether oxygens (including phenoxy) is 1. The zero-order chi connectivity index (χ0) is 18.1. The van der Waals surface area contributed by atoms with Crippen molar-refractivity contribution in [2.75, 3.05) is 12.4 Å². The first-order valence-electron chi connectivity index (χ1n) is 9.04. The van der Waals surface area contributed by atoms with Crippen LogP contribution in [0.4, 0.5) is 5.69 Å². The average Bonchev–Trinajstić information content (AvgIpc) is 3.06. The Kier molecular flexibility index (Phi) is 4.47. The number of hydrogen-bond donors (Lipinski definition) is 1. The normalized spacial score (nSPS) is 13.9. The van der Waals surface area contributed by atoms with Gasteiger partial charge in [0, 0.05) is 31.5 Å². The summed E-state index contributed by atoms with van der Waals surface area (Å²) in [5.41, 5.74) is 5.07. The second-order valence-electron chi connectivity index (χ2n) is 6.82. The first-order valence-corrected chi connectivity index (χ1v) is 9.04. The van der Waals surface area contributed by atoms with Crippen LogP contribution in [0.2, 0.25) is 0 Å². The van der Waals surface area contributed by atoms with Gasteiger partial charge in [-0.1, -0.05) is 24.3 Å². The van der Waals surface area contributed by atoms with Gasteiger partial charge in [-0.15, -0.1) is 0 Å². The molecule has 0 saturated carbocycles. The Balaban J connectivity index is 1.67. The minimum Gasteiger partial charge on any atom is -0.380 e. The summed E-state index contributed by atoms with van der Waals surface area (Å²) >= 11 is 0. The molecule has 2 heterocycles. The zero-order valence-corrected chi connectivity index (χ0v) is 15.2. The highest BCUT2D eigenvalue weighted by Crippen LogP contribution is 2.25. The largest absolute Gasteiger partial charge is 0.380 e. The van der Waals surface area contributed by atoms with E-state index >= 15 is 0 Å². The fourth-order valence-electron chi connectivity index (χ4n) is 3.81. The Morgan fingerprint density at radius 3 is 2.65 bits per heavy atom. The van der Waals surface area contributed by atoms with E-state index in [4.69, 9.17) is 4.74 Å². The third-order valence-corrected chi connectivity index (χ3v) is 5.05. The minimum absolute atomic E-state index is 0.00240. The van der Waals surface area contributed by atoms with E-state index in [-0.39, 0.29) is 5.43 Å².